The molecule has 0 unspecified atom stereocenters. The van der Waals surface area contributed by atoms with Crippen LogP contribution in [0.1, 0.15) is 21.6 Å². The molecule has 3 rings (SSSR count). The van der Waals surface area contributed by atoms with Gasteiger partial charge in [0.1, 0.15) is 11.1 Å². The molecule has 22 heavy (non-hydrogen) atoms. The van der Waals surface area contributed by atoms with Crippen LogP contribution in [0.15, 0.2) is 48.8 Å². The van der Waals surface area contributed by atoms with Crippen molar-refractivity contribution in [2.75, 3.05) is 0 Å². The standard InChI is InChI=1S/C17H12N2O3/c20-16-14(17(21)22)8-5-12-4-7-13(19-15(12)16)6-3-11-2-1-9-18-10-11/h1-10,20H,(H,21,22). The summed E-state index contributed by atoms with van der Waals surface area (Å²) in [6.07, 6.45) is 7.04. The van der Waals surface area contributed by atoms with E-state index in [1.165, 1.54) is 6.07 Å². The predicted molar refractivity (Wildman–Crippen MR) is 83.5 cm³/mol. The molecule has 0 spiro atoms. The smallest absolute Gasteiger partial charge is 0.339 e. The van der Waals surface area contributed by atoms with Gasteiger partial charge in [-0.1, -0.05) is 24.3 Å². The molecule has 0 fully saturated rings. The SMILES string of the molecule is O=C(O)c1ccc2ccc(C=Cc3cccnc3)nc2c1O. The molecule has 3 aromatic rings. The molecule has 5 heteroatoms. The Hall–Kier alpha value is -3.21. The van der Waals surface area contributed by atoms with Gasteiger partial charge in [0.2, 0.25) is 0 Å². The largest absolute Gasteiger partial charge is 0.505 e. The second-order valence-corrected chi connectivity index (χ2v) is 4.69. The number of carboxylic acids is 1. The fourth-order valence-corrected chi connectivity index (χ4v) is 2.11. The summed E-state index contributed by atoms with van der Waals surface area (Å²) in [5, 5.41) is 19.8. The Morgan fingerprint density at radius 2 is 1.91 bits per heavy atom. The Morgan fingerprint density at radius 3 is 2.64 bits per heavy atom. The average molecular weight is 292 g/mol. The number of aromatic carboxylic acids is 1. The predicted octanol–water partition coefficient (Wildman–Crippen LogP) is 3.20. The molecule has 0 aliphatic heterocycles. The van der Waals surface area contributed by atoms with Crippen LogP contribution in [0.25, 0.3) is 23.1 Å². The van der Waals surface area contributed by atoms with Gasteiger partial charge in [0.05, 0.1) is 5.69 Å². The molecular formula is C17H12N2O3. The molecule has 2 N–H and O–H groups in total. The summed E-state index contributed by atoms with van der Waals surface area (Å²) in [6.45, 7) is 0. The zero-order valence-corrected chi connectivity index (χ0v) is 11.5. The van der Waals surface area contributed by atoms with Crippen molar-refractivity contribution in [1.29, 1.82) is 0 Å². The first-order chi connectivity index (χ1) is 10.6. The van der Waals surface area contributed by atoms with E-state index in [2.05, 4.69) is 9.97 Å². The molecule has 2 aromatic heterocycles. The number of carbonyl (C=O) groups is 1. The van der Waals surface area contributed by atoms with Crippen molar-refractivity contribution in [3.63, 3.8) is 0 Å². The lowest BCUT2D eigenvalue weighted by Crippen LogP contribution is -1.97. The van der Waals surface area contributed by atoms with E-state index in [4.69, 9.17) is 5.11 Å². The lowest BCUT2D eigenvalue weighted by Gasteiger charge is -2.04. The molecule has 108 valence electrons. The summed E-state index contributed by atoms with van der Waals surface area (Å²) in [7, 11) is 0. The maximum absolute atomic E-state index is 11.1. The van der Waals surface area contributed by atoms with Gasteiger partial charge in [-0.3, -0.25) is 4.98 Å². The van der Waals surface area contributed by atoms with Gasteiger partial charge in [0.15, 0.2) is 5.75 Å². The normalized spacial score (nSPS) is 11.1. The molecular weight excluding hydrogens is 280 g/mol. The van der Waals surface area contributed by atoms with Gasteiger partial charge in [-0.15, -0.1) is 0 Å². The van der Waals surface area contributed by atoms with E-state index in [1.807, 2.05) is 18.2 Å². The molecule has 2 heterocycles. The second-order valence-electron chi connectivity index (χ2n) is 4.69. The van der Waals surface area contributed by atoms with Crippen LogP contribution in [0.5, 0.6) is 5.75 Å². The van der Waals surface area contributed by atoms with Crippen molar-refractivity contribution in [3.8, 4) is 5.75 Å². The fraction of sp³-hybridized carbons (Fsp3) is 0. The van der Waals surface area contributed by atoms with E-state index in [9.17, 15) is 9.90 Å². The molecule has 0 saturated carbocycles. The number of fused-ring (bicyclic) bond motifs is 1. The summed E-state index contributed by atoms with van der Waals surface area (Å²) in [5.74, 6) is -1.50. The van der Waals surface area contributed by atoms with Gasteiger partial charge < -0.3 is 10.2 Å². The van der Waals surface area contributed by atoms with Crippen LogP contribution in [0.2, 0.25) is 0 Å². The first-order valence-corrected chi connectivity index (χ1v) is 6.59. The maximum Gasteiger partial charge on any atom is 0.339 e. The first-order valence-electron chi connectivity index (χ1n) is 6.59. The number of hydrogen-bond donors (Lipinski definition) is 2. The van der Waals surface area contributed by atoms with Crippen molar-refractivity contribution in [2.45, 2.75) is 0 Å². The van der Waals surface area contributed by atoms with Crippen molar-refractivity contribution in [1.82, 2.24) is 9.97 Å². The van der Waals surface area contributed by atoms with Crippen LogP contribution in [-0.4, -0.2) is 26.2 Å². The number of carboxylic acid groups (broad SMARTS) is 1. The Balaban J connectivity index is 2.03. The van der Waals surface area contributed by atoms with E-state index >= 15 is 0 Å². The molecule has 0 aliphatic carbocycles. The summed E-state index contributed by atoms with van der Waals surface area (Å²) in [4.78, 5) is 19.4. The minimum atomic E-state index is -1.18. The van der Waals surface area contributed by atoms with E-state index in [0.717, 1.165) is 5.56 Å². The maximum atomic E-state index is 11.1. The first kappa shape index (κ1) is 13.8. The molecule has 5 nitrogen and oxygen atoms in total. The van der Waals surface area contributed by atoms with E-state index in [1.54, 1.807) is 36.7 Å². The minimum absolute atomic E-state index is 0.159. The van der Waals surface area contributed by atoms with Gasteiger partial charge in [0, 0.05) is 17.8 Å². The zero-order valence-electron chi connectivity index (χ0n) is 11.5. The van der Waals surface area contributed by atoms with E-state index in [0.29, 0.717) is 11.1 Å². The number of phenols is 1. The van der Waals surface area contributed by atoms with Gasteiger partial charge in [-0.2, -0.15) is 0 Å². The van der Waals surface area contributed by atoms with Gasteiger partial charge in [0.25, 0.3) is 0 Å². The summed E-state index contributed by atoms with van der Waals surface area (Å²) in [6, 6.07) is 10.3. The van der Waals surface area contributed by atoms with Gasteiger partial charge in [-0.05, 0) is 29.8 Å². The molecule has 0 radical (unpaired) electrons. The summed E-state index contributed by atoms with van der Waals surface area (Å²) in [5.41, 5.74) is 1.66. The van der Waals surface area contributed by atoms with Crippen molar-refractivity contribution in [3.05, 3.63) is 65.6 Å². The lowest BCUT2D eigenvalue weighted by atomic mass is 10.1. The quantitative estimate of drug-likeness (QED) is 0.774. The van der Waals surface area contributed by atoms with Gasteiger partial charge in [-0.25, -0.2) is 9.78 Å². The number of benzene rings is 1. The summed E-state index contributed by atoms with van der Waals surface area (Å²) >= 11 is 0. The highest BCUT2D eigenvalue weighted by Gasteiger charge is 2.13. The molecule has 0 bridgehead atoms. The van der Waals surface area contributed by atoms with Crippen LogP contribution < -0.4 is 0 Å². The number of aromatic hydroxyl groups is 1. The number of rotatable bonds is 3. The third-order valence-corrected chi connectivity index (χ3v) is 3.22. The highest BCUT2D eigenvalue weighted by atomic mass is 16.4. The van der Waals surface area contributed by atoms with E-state index < -0.39 is 5.97 Å². The topological polar surface area (TPSA) is 83.3 Å². The third-order valence-electron chi connectivity index (χ3n) is 3.22. The van der Waals surface area contributed by atoms with E-state index in [-0.39, 0.29) is 16.8 Å². The minimum Gasteiger partial charge on any atom is -0.505 e. The fourth-order valence-electron chi connectivity index (χ4n) is 2.11. The lowest BCUT2D eigenvalue weighted by molar-refractivity contribution is 0.0694. The Morgan fingerprint density at radius 1 is 1.09 bits per heavy atom. The van der Waals surface area contributed by atoms with Crippen molar-refractivity contribution >= 4 is 29.0 Å². The zero-order chi connectivity index (χ0) is 15.5. The highest BCUT2D eigenvalue weighted by Crippen LogP contribution is 2.27. The number of nitrogens with zero attached hydrogens (tertiary/aromatic N) is 2. The Kier molecular flexibility index (Phi) is 3.53. The second kappa shape index (κ2) is 5.65. The monoisotopic (exact) mass is 292 g/mol. The number of hydrogen-bond acceptors (Lipinski definition) is 4. The molecule has 1 aromatic carbocycles. The molecule has 0 saturated heterocycles. The van der Waals surface area contributed by atoms with Crippen LogP contribution in [-0.2, 0) is 0 Å². The van der Waals surface area contributed by atoms with Crippen LogP contribution in [0.4, 0.5) is 0 Å². The Bertz CT molecular complexity index is 874. The van der Waals surface area contributed by atoms with Crippen LogP contribution in [0.3, 0.4) is 0 Å². The highest BCUT2D eigenvalue weighted by molar-refractivity contribution is 5.99. The van der Waals surface area contributed by atoms with Crippen molar-refractivity contribution in [2.24, 2.45) is 0 Å². The molecule has 0 amide bonds. The molecule has 0 aliphatic rings. The van der Waals surface area contributed by atoms with Crippen molar-refractivity contribution < 1.29 is 15.0 Å². The van der Waals surface area contributed by atoms with Crippen LogP contribution >= 0.6 is 0 Å². The average Bonchev–Trinajstić information content (AvgIpc) is 2.54. The number of pyridine rings is 2. The van der Waals surface area contributed by atoms with Crippen LogP contribution in [0, 0.1) is 0 Å². The summed E-state index contributed by atoms with van der Waals surface area (Å²) < 4.78 is 0. The number of aromatic nitrogens is 2. The molecule has 0 atom stereocenters. The van der Waals surface area contributed by atoms with Gasteiger partial charge >= 0.3 is 5.97 Å². The third kappa shape index (κ3) is 2.64. The Labute approximate surface area is 126 Å².